The summed E-state index contributed by atoms with van der Waals surface area (Å²) in [6.45, 7) is 6.82. The van der Waals surface area contributed by atoms with Crippen molar-refractivity contribution < 1.29 is 4.74 Å². The van der Waals surface area contributed by atoms with Crippen molar-refractivity contribution in [3.63, 3.8) is 0 Å². The van der Waals surface area contributed by atoms with E-state index >= 15 is 0 Å². The van der Waals surface area contributed by atoms with E-state index in [-0.39, 0.29) is 0 Å². The number of ether oxygens (including phenoxy) is 1. The van der Waals surface area contributed by atoms with Gasteiger partial charge in [0.05, 0.1) is 0 Å². The lowest BCUT2D eigenvalue weighted by Gasteiger charge is -2.10. The van der Waals surface area contributed by atoms with Gasteiger partial charge < -0.3 is 10.1 Å². The molecule has 0 fully saturated rings. The number of benzene rings is 1. The molecule has 0 radical (unpaired) electrons. The zero-order chi connectivity index (χ0) is 12.0. The van der Waals surface area contributed by atoms with E-state index in [9.17, 15) is 0 Å². The molecule has 0 bridgehead atoms. The smallest absolute Gasteiger partial charge is 0.181 e. The van der Waals surface area contributed by atoms with Gasteiger partial charge in [0.1, 0.15) is 11.8 Å². The highest BCUT2D eigenvalue weighted by atomic mass is 16.5. The van der Waals surface area contributed by atoms with Crippen LogP contribution < -0.4 is 10.1 Å². The lowest BCUT2D eigenvalue weighted by molar-refractivity contribution is 0.276. The summed E-state index contributed by atoms with van der Waals surface area (Å²) in [5.41, 5.74) is 1.21. The molecular formula is C13H18N2O. The van der Waals surface area contributed by atoms with Crippen molar-refractivity contribution in [2.24, 2.45) is 0 Å². The molecule has 0 aliphatic carbocycles. The first-order chi connectivity index (χ1) is 7.61. The highest BCUT2D eigenvalue weighted by Gasteiger charge is 2.01. The van der Waals surface area contributed by atoms with Crippen molar-refractivity contribution >= 4 is 0 Å². The minimum absolute atomic E-state index is 0.403. The number of nitriles is 1. The number of nitrogens with zero attached hydrogens (tertiary/aromatic N) is 1. The van der Waals surface area contributed by atoms with E-state index < -0.39 is 6.10 Å². The van der Waals surface area contributed by atoms with Crippen LogP contribution >= 0.6 is 0 Å². The summed E-state index contributed by atoms with van der Waals surface area (Å²) < 4.78 is 5.36. The second-order valence-corrected chi connectivity index (χ2v) is 4.07. The van der Waals surface area contributed by atoms with Crippen molar-refractivity contribution in [3.8, 4) is 11.8 Å². The lowest BCUT2D eigenvalue weighted by Crippen LogP contribution is -2.21. The Morgan fingerprint density at radius 3 is 2.38 bits per heavy atom. The summed E-state index contributed by atoms with van der Waals surface area (Å²) in [6, 6.07) is 10.3. The van der Waals surface area contributed by atoms with Crippen LogP contribution in [-0.4, -0.2) is 12.1 Å². The summed E-state index contributed by atoms with van der Waals surface area (Å²) in [7, 11) is 0. The molecule has 1 rings (SSSR count). The summed E-state index contributed by atoms with van der Waals surface area (Å²) in [6.07, 6.45) is -0.403. The number of hydrogen-bond donors (Lipinski definition) is 1. The van der Waals surface area contributed by atoms with Crippen LogP contribution in [-0.2, 0) is 6.54 Å². The SMILES string of the molecule is CC(C)NCc1ccc(OC(C)C#N)cc1. The number of rotatable bonds is 5. The summed E-state index contributed by atoms with van der Waals surface area (Å²) in [5, 5.41) is 12.0. The molecule has 1 unspecified atom stereocenters. The van der Waals surface area contributed by atoms with Gasteiger partial charge in [-0.25, -0.2) is 0 Å². The van der Waals surface area contributed by atoms with E-state index in [4.69, 9.17) is 10.00 Å². The van der Waals surface area contributed by atoms with Crippen molar-refractivity contribution in [1.29, 1.82) is 5.26 Å². The average Bonchev–Trinajstić information content (AvgIpc) is 2.28. The van der Waals surface area contributed by atoms with Gasteiger partial charge in [0, 0.05) is 12.6 Å². The van der Waals surface area contributed by atoms with Crippen LogP contribution in [0, 0.1) is 11.3 Å². The Hall–Kier alpha value is -1.53. The predicted molar refractivity (Wildman–Crippen MR) is 64.1 cm³/mol. The van der Waals surface area contributed by atoms with E-state index in [1.807, 2.05) is 30.3 Å². The van der Waals surface area contributed by atoms with Crippen molar-refractivity contribution in [1.82, 2.24) is 5.32 Å². The van der Waals surface area contributed by atoms with Crippen LogP contribution in [0.3, 0.4) is 0 Å². The fraction of sp³-hybridized carbons (Fsp3) is 0.462. The van der Waals surface area contributed by atoms with Gasteiger partial charge in [0.15, 0.2) is 6.10 Å². The molecule has 0 saturated carbocycles. The Morgan fingerprint density at radius 1 is 1.25 bits per heavy atom. The standard InChI is InChI=1S/C13H18N2O/c1-10(2)15-9-12-4-6-13(7-5-12)16-11(3)8-14/h4-7,10-11,15H,9H2,1-3H3. The van der Waals surface area contributed by atoms with E-state index in [1.54, 1.807) is 6.92 Å². The molecule has 3 heteroatoms. The normalized spacial score (nSPS) is 12.2. The highest BCUT2D eigenvalue weighted by Crippen LogP contribution is 2.13. The first kappa shape index (κ1) is 12.5. The topological polar surface area (TPSA) is 45.0 Å². The van der Waals surface area contributed by atoms with Crippen LogP contribution in [0.1, 0.15) is 26.3 Å². The van der Waals surface area contributed by atoms with Crippen molar-refractivity contribution in [3.05, 3.63) is 29.8 Å². The highest BCUT2D eigenvalue weighted by molar-refractivity contribution is 5.27. The van der Waals surface area contributed by atoms with Crippen LogP contribution in [0.2, 0.25) is 0 Å². The van der Waals surface area contributed by atoms with Gasteiger partial charge >= 0.3 is 0 Å². The van der Waals surface area contributed by atoms with Crippen molar-refractivity contribution in [2.75, 3.05) is 0 Å². The fourth-order valence-corrected chi connectivity index (χ4v) is 1.24. The van der Waals surface area contributed by atoms with Gasteiger partial charge in [-0.2, -0.15) is 5.26 Å². The third kappa shape index (κ3) is 4.33. The second-order valence-electron chi connectivity index (χ2n) is 4.07. The molecule has 0 amide bonds. The minimum atomic E-state index is -0.403. The molecule has 0 aliphatic heterocycles. The molecule has 0 saturated heterocycles. The Balaban J connectivity index is 2.51. The third-order valence-electron chi connectivity index (χ3n) is 2.13. The summed E-state index contributed by atoms with van der Waals surface area (Å²) in [4.78, 5) is 0. The fourth-order valence-electron chi connectivity index (χ4n) is 1.24. The molecule has 0 aromatic heterocycles. The van der Waals surface area contributed by atoms with Gasteiger partial charge in [0.25, 0.3) is 0 Å². The quantitative estimate of drug-likeness (QED) is 0.825. The molecule has 0 aliphatic rings. The molecule has 3 nitrogen and oxygen atoms in total. The molecule has 1 atom stereocenters. The monoisotopic (exact) mass is 218 g/mol. The minimum Gasteiger partial charge on any atom is -0.476 e. The molecule has 0 spiro atoms. The Labute approximate surface area is 97.0 Å². The lowest BCUT2D eigenvalue weighted by atomic mass is 10.2. The van der Waals surface area contributed by atoms with E-state index in [0.717, 1.165) is 12.3 Å². The molecule has 0 heterocycles. The predicted octanol–water partition coefficient (Wildman–Crippen LogP) is 2.48. The van der Waals surface area contributed by atoms with E-state index in [0.29, 0.717) is 6.04 Å². The number of nitrogens with one attached hydrogen (secondary N) is 1. The first-order valence-electron chi connectivity index (χ1n) is 5.50. The van der Waals surface area contributed by atoms with Gasteiger partial charge in [-0.05, 0) is 24.6 Å². The van der Waals surface area contributed by atoms with Crippen molar-refractivity contribution in [2.45, 2.75) is 39.5 Å². The van der Waals surface area contributed by atoms with Crippen LogP contribution in [0.5, 0.6) is 5.75 Å². The van der Waals surface area contributed by atoms with Gasteiger partial charge in [0.2, 0.25) is 0 Å². The molecule has 1 aromatic carbocycles. The van der Waals surface area contributed by atoms with E-state index in [1.165, 1.54) is 5.56 Å². The van der Waals surface area contributed by atoms with Gasteiger partial charge in [-0.1, -0.05) is 26.0 Å². The van der Waals surface area contributed by atoms with Crippen LogP contribution in [0.4, 0.5) is 0 Å². The zero-order valence-electron chi connectivity index (χ0n) is 10.0. The van der Waals surface area contributed by atoms with E-state index in [2.05, 4.69) is 19.2 Å². The van der Waals surface area contributed by atoms with Crippen LogP contribution in [0.25, 0.3) is 0 Å². The maximum absolute atomic E-state index is 8.61. The summed E-state index contributed by atoms with van der Waals surface area (Å²) >= 11 is 0. The average molecular weight is 218 g/mol. The Morgan fingerprint density at radius 2 is 1.88 bits per heavy atom. The molecular weight excluding hydrogens is 200 g/mol. The molecule has 1 N–H and O–H groups in total. The van der Waals surface area contributed by atoms with Crippen LogP contribution in [0.15, 0.2) is 24.3 Å². The maximum atomic E-state index is 8.61. The van der Waals surface area contributed by atoms with Gasteiger partial charge in [-0.15, -0.1) is 0 Å². The molecule has 1 aromatic rings. The Bertz CT molecular complexity index is 351. The third-order valence-corrected chi connectivity index (χ3v) is 2.13. The summed E-state index contributed by atoms with van der Waals surface area (Å²) in [5.74, 6) is 0.738. The first-order valence-corrected chi connectivity index (χ1v) is 5.50. The van der Waals surface area contributed by atoms with Gasteiger partial charge in [-0.3, -0.25) is 0 Å². The second kappa shape index (κ2) is 6.14. The maximum Gasteiger partial charge on any atom is 0.181 e. The Kier molecular flexibility index (Phi) is 4.81. The number of hydrogen-bond acceptors (Lipinski definition) is 3. The molecule has 16 heavy (non-hydrogen) atoms. The molecule has 86 valence electrons. The largest absolute Gasteiger partial charge is 0.476 e. The zero-order valence-corrected chi connectivity index (χ0v) is 10.0.